The van der Waals surface area contributed by atoms with E-state index in [-0.39, 0.29) is 0 Å². The molecule has 0 unspecified atom stereocenters. The average molecular weight is 523 g/mol. The quantitative estimate of drug-likeness (QED) is 0.123. The zero-order chi connectivity index (χ0) is 26.2. The first kappa shape index (κ1) is 32.0. The van der Waals surface area contributed by atoms with E-state index in [0.717, 1.165) is 0 Å². The summed E-state index contributed by atoms with van der Waals surface area (Å²) < 4.78 is 0. The Morgan fingerprint density at radius 1 is 0.405 bits per heavy atom. The van der Waals surface area contributed by atoms with Gasteiger partial charge in [-0.15, -0.1) is 0 Å². The van der Waals surface area contributed by atoms with Crippen molar-refractivity contribution in [3.63, 3.8) is 0 Å². The van der Waals surface area contributed by atoms with Crippen LogP contribution < -0.4 is 0 Å². The average Bonchev–Trinajstić information content (AvgIpc) is 2.91. The van der Waals surface area contributed by atoms with Crippen LogP contribution in [0, 0.1) is 0 Å². The molecule has 0 aromatic heterocycles. The van der Waals surface area contributed by atoms with Gasteiger partial charge in [-0.2, -0.15) is 0 Å². The van der Waals surface area contributed by atoms with Gasteiger partial charge in [0.05, 0.1) is 0 Å². The fourth-order valence-electron chi connectivity index (χ4n) is 5.30. The first-order valence-corrected chi connectivity index (χ1v) is 17.0. The maximum absolute atomic E-state index is 2.42. The molecule has 0 spiro atoms. The zero-order valence-electron chi connectivity index (χ0n) is 24.6. The highest BCUT2D eigenvalue weighted by Crippen LogP contribution is 2.29. The summed E-state index contributed by atoms with van der Waals surface area (Å²) in [4.78, 5) is 2.78. The van der Waals surface area contributed by atoms with Gasteiger partial charge < -0.3 is 0 Å². The largest absolute Gasteiger partial charge is 0.0901 e. The van der Waals surface area contributed by atoms with Crippen molar-refractivity contribution in [2.24, 2.45) is 0 Å². The number of hydrogen-bond acceptors (Lipinski definition) is 1. The van der Waals surface area contributed by atoms with Crippen LogP contribution in [0.25, 0.3) is 0 Å². The molecule has 0 amide bonds. The lowest BCUT2D eigenvalue weighted by Crippen LogP contribution is -1.88. The molecule has 0 aliphatic rings. The Kier molecular flexibility index (Phi) is 19.7. The van der Waals surface area contributed by atoms with Crippen molar-refractivity contribution in [2.75, 3.05) is 0 Å². The highest BCUT2D eigenvalue weighted by molar-refractivity contribution is 7.99. The third kappa shape index (κ3) is 17.1. The Balaban J connectivity index is 1.58. The molecule has 37 heavy (non-hydrogen) atoms. The summed E-state index contributed by atoms with van der Waals surface area (Å²) in [7, 11) is 0. The van der Waals surface area contributed by atoms with Gasteiger partial charge in [0.2, 0.25) is 0 Å². The summed E-state index contributed by atoms with van der Waals surface area (Å²) in [6, 6.07) is 18.5. The lowest BCUT2D eigenvalue weighted by molar-refractivity contribution is 0.556. The van der Waals surface area contributed by atoms with Crippen molar-refractivity contribution < 1.29 is 0 Å². The zero-order valence-corrected chi connectivity index (χ0v) is 25.4. The minimum absolute atomic E-state index is 1.23. The van der Waals surface area contributed by atoms with E-state index in [1.54, 1.807) is 0 Å². The van der Waals surface area contributed by atoms with Crippen molar-refractivity contribution in [2.45, 2.75) is 165 Å². The van der Waals surface area contributed by atoms with E-state index in [0.29, 0.717) is 0 Å². The second-order valence-corrected chi connectivity index (χ2v) is 12.4. The summed E-state index contributed by atoms with van der Waals surface area (Å²) in [6.07, 6.45) is 30.6. The summed E-state index contributed by atoms with van der Waals surface area (Å²) >= 11 is 1.93. The van der Waals surface area contributed by atoms with Crippen molar-refractivity contribution in [1.29, 1.82) is 0 Å². The van der Waals surface area contributed by atoms with E-state index < -0.39 is 0 Å². The predicted molar refractivity (Wildman–Crippen MR) is 168 cm³/mol. The van der Waals surface area contributed by atoms with Gasteiger partial charge in [-0.3, -0.25) is 0 Å². The molecule has 0 saturated carbocycles. The molecular formula is C36H58S. The van der Waals surface area contributed by atoms with E-state index >= 15 is 0 Å². The van der Waals surface area contributed by atoms with E-state index in [4.69, 9.17) is 0 Å². The van der Waals surface area contributed by atoms with Crippen LogP contribution >= 0.6 is 11.8 Å². The molecule has 1 heteroatoms. The molecule has 0 fully saturated rings. The van der Waals surface area contributed by atoms with Crippen LogP contribution in [0.15, 0.2) is 58.3 Å². The molecule has 208 valence electrons. The smallest absolute Gasteiger partial charge is 0.0125 e. The molecule has 0 nitrogen and oxygen atoms in total. The summed E-state index contributed by atoms with van der Waals surface area (Å²) in [5.41, 5.74) is 3.01. The summed E-state index contributed by atoms with van der Waals surface area (Å²) in [5, 5.41) is 0. The normalized spacial score (nSPS) is 11.3. The summed E-state index contributed by atoms with van der Waals surface area (Å²) in [5.74, 6) is 0. The van der Waals surface area contributed by atoms with Crippen LogP contribution in [0.2, 0.25) is 0 Å². The number of unbranched alkanes of at least 4 members (excludes halogenated alkanes) is 18. The van der Waals surface area contributed by atoms with Crippen molar-refractivity contribution in [3.05, 3.63) is 59.7 Å². The molecule has 0 saturated heterocycles. The second-order valence-electron chi connectivity index (χ2n) is 11.3. The lowest BCUT2D eigenvalue weighted by atomic mass is 10.0. The predicted octanol–water partition coefficient (Wildman–Crippen LogP) is 12.8. The van der Waals surface area contributed by atoms with Crippen LogP contribution in [0.3, 0.4) is 0 Å². The molecule has 2 rings (SSSR count). The van der Waals surface area contributed by atoms with Gasteiger partial charge in [0, 0.05) is 9.79 Å². The third-order valence-corrected chi connectivity index (χ3v) is 8.65. The topological polar surface area (TPSA) is 0 Å². The highest BCUT2D eigenvalue weighted by Gasteiger charge is 2.02. The lowest BCUT2D eigenvalue weighted by Gasteiger charge is -2.08. The Morgan fingerprint density at radius 2 is 0.730 bits per heavy atom. The van der Waals surface area contributed by atoms with Gasteiger partial charge in [0.1, 0.15) is 0 Å². The molecule has 0 radical (unpaired) electrons. The van der Waals surface area contributed by atoms with Crippen molar-refractivity contribution in [3.8, 4) is 0 Å². The fraction of sp³-hybridized carbons (Fsp3) is 0.667. The van der Waals surface area contributed by atoms with E-state index in [1.807, 2.05) is 11.8 Å². The molecule has 2 aromatic rings. The summed E-state index contributed by atoms with van der Waals surface area (Å²) in [6.45, 7) is 4.60. The molecule has 0 N–H and O–H groups in total. The van der Waals surface area contributed by atoms with Crippen molar-refractivity contribution >= 4 is 11.8 Å². The third-order valence-electron chi connectivity index (χ3n) is 7.67. The van der Waals surface area contributed by atoms with Gasteiger partial charge in [-0.1, -0.05) is 165 Å². The van der Waals surface area contributed by atoms with Crippen LogP contribution in [0.1, 0.15) is 153 Å². The van der Waals surface area contributed by atoms with Gasteiger partial charge in [-0.05, 0) is 61.1 Å². The maximum Gasteiger partial charge on any atom is 0.0125 e. The van der Waals surface area contributed by atoms with Gasteiger partial charge >= 0.3 is 0 Å². The Morgan fingerprint density at radius 3 is 1.08 bits per heavy atom. The van der Waals surface area contributed by atoms with Gasteiger partial charge in [0.25, 0.3) is 0 Å². The van der Waals surface area contributed by atoms with Crippen LogP contribution in [0.4, 0.5) is 0 Å². The van der Waals surface area contributed by atoms with Crippen molar-refractivity contribution in [1.82, 2.24) is 0 Å². The highest BCUT2D eigenvalue weighted by atomic mass is 32.2. The van der Waals surface area contributed by atoms with Gasteiger partial charge in [0.15, 0.2) is 0 Å². The first-order valence-electron chi connectivity index (χ1n) is 16.2. The molecular weight excluding hydrogens is 464 g/mol. The van der Waals surface area contributed by atoms with E-state index in [9.17, 15) is 0 Å². The molecule has 0 aliphatic carbocycles. The van der Waals surface area contributed by atoms with E-state index in [1.165, 1.54) is 162 Å². The SMILES string of the molecule is CCCCCCCCCCCCc1cccc(Sc2cccc(CCCCCCCCCCCC)c2)c1. The van der Waals surface area contributed by atoms with E-state index in [2.05, 4.69) is 62.4 Å². The standard InChI is InChI=1S/C36H58S/c1-3-5-7-9-11-13-15-17-19-21-25-33-27-23-29-35(31-33)37-36-30-24-28-34(32-36)26-22-20-18-16-14-12-10-8-6-4-2/h23-24,27-32H,3-22,25-26H2,1-2H3. The number of benzene rings is 2. The maximum atomic E-state index is 2.42. The minimum atomic E-state index is 1.23. The Bertz CT molecular complexity index is 714. The number of aryl methyl sites for hydroxylation is 2. The number of hydrogen-bond donors (Lipinski definition) is 0. The minimum Gasteiger partial charge on any atom is -0.0901 e. The van der Waals surface area contributed by atoms with Crippen LogP contribution in [-0.4, -0.2) is 0 Å². The van der Waals surface area contributed by atoms with Crippen LogP contribution in [0.5, 0.6) is 0 Å². The molecule has 0 bridgehead atoms. The molecule has 0 atom stereocenters. The molecule has 0 heterocycles. The fourth-order valence-corrected chi connectivity index (χ4v) is 6.28. The Labute approximate surface area is 235 Å². The molecule has 0 aliphatic heterocycles. The first-order chi connectivity index (χ1) is 18.3. The Hall–Kier alpha value is -1.21. The number of rotatable bonds is 24. The second kappa shape index (κ2) is 22.7. The van der Waals surface area contributed by atoms with Gasteiger partial charge in [-0.25, -0.2) is 0 Å². The molecule has 2 aromatic carbocycles. The monoisotopic (exact) mass is 522 g/mol. The van der Waals surface area contributed by atoms with Crippen LogP contribution in [-0.2, 0) is 12.8 Å².